The highest BCUT2D eigenvalue weighted by Crippen LogP contribution is 2.41. The topological polar surface area (TPSA) is 81.4 Å². The summed E-state index contributed by atoms with van der Waals surface area (Å²) in [6, 6.07) is 6.17. The molecule has 1 saturated heterocycles. The van der Waals surface area contributed by atoms with E-state index in [1.54, 1.807) is 23.5 Å². The summed E-state index contributed by atoms with van der Waals surface area (Å²) in [5.41, 5.74) is 1.36. The minimum Gasteiger partial charge on any atom is -0.438 e. The van der Waals surface area contributed by atoms with Crippen molar-refractivity contribution in [3.05, 3.63) is 50.6 Å². The molecule has 3 aromatic rings. The van der Waals surface area contributed by atoms with Crippen molar-refractivity contribution in [1.82, 2.24) is 14.9 Å². The lowest BCUT2D eigenvalue weighted by molar-refractivity contribution is -0.384. The summed E-state index contributed by atoms with van der Waals surface area (Å²) in [4.78, 5) is 25.0. The summed E-state index contributed by atoms with van der Waals surface area (Å²) in [5.74, 6) is 1.92. The van der Waals surface area contributed by atoms with Crippen molar-refractivity contribution in [2.24, 2.45) is 0 Å². The first kappa shape index (κ1) is 18.4. The van der Waals surface area contributed by atoms with Crippen LogP contribution in [0.3, 0.4) is 0 Å². The second-order valence-electron chi connectivity index (χ2n) is 7.67. The van der Waals surface area contributed by atoms with Crippen LogP contribution >= 0.6 is 11.3 Å². The number of thiophene rings is 1. The van der Waals surface area contributed by atoms with Gasteiger partial charge in [-0.2, -0.15) is 4.98 Å². The van der Waals surface area contributed by atoms with E-state index in [4.69, 9.17) is 14.7 Å². The van der Waals surface area contributed by atoms with E-state index in [9.17, 15) is 10.1 Å². The maximum Gasteiger partial charge on any atom is 0.269 e. The van der Waals surface area contributed by atoms with Crippen molar-refractivity contribution in [3.63, 3.8) is 0 Å². The van der Waals surface area contributed by atoms with Crippen molar-refractivity contribution in [1.29, 1.82) is 0 Å². The van der Waals surface area contributed by atoms with Gasteiger partial charge in [0.1, 0.15) is 16.4 Å². The number of aromatic nitrogens is 2. The highest BCUT2D eigenvalue weighted by molar-refractivity contribution is 7.19. The average molecular weight is 410 g/mol. The normalized spacial score (nSPS) is 16.8. The zero-order valence-corrected chi connectivity index (χ0v) is 16.9. The van der Waals surface area contributed by atoms with Crippen molar-refractivity contribution >= 4 is 27.2 Å². The number of non-ortho nitro benzene ring substituents is 1. The SMILES string of the molecule is O=[N+]([O-])c1ccc(Oc2nc(CN3CCCCC3)nc3sc4c(c23)CCC4)cc1. The van der Waals surface area contributed by atoms with Gasteiger partial charge in [-0.15, -0.1) is 11.3 Å². The number of hydrogen-bond acceptors (Lipinski definition) is 7. The van der Waals surface area contributed by atoms with Crippen molar-refractivity contribution in [3.8, 4) is 11.6 Å². The molecule has 1 aliphatic carbocycles. The number of nitro groups is 1. The quantitative estimate of drug-likeness (QED) is 0.441. The lowest BCUT2D eigenvalue weighted by atomic mass is 10.1. The Balaban J connectivity index is 1.51. The zero-order chi connectivity index (χ0) is 19.8. The number of aryl methyl sites for hydroxylation is 2. The van der Waals surface area contributed by atoms with E-state index in [0.717, 1.165) is 54.9 Å². The first-order valence-electron chi connectivity index (χ1n) is 10.1. The summed E-state index contributed by atoms with van der Waals surface area (Å²) in [6.45, 7) is 2.90. The number of benzene rings is 1. The largest absolute Gasteiger partial charge is 0.438 e. The molecule has 1 fully saturated rings. The first-order valence-corrected chi connectivity index (χ1v) is 10.9. The Morgan fingerprint density at radius 1 is 1.07 bits per heavy atom. The number of nitrogens with zero attached hydrogens (tertiary/aromatic N) is 4. The number of rotatable bonds is 5. The van der Waals surface area contributed by atoms with E-state index in [1.807, 2.05) is 0 Å². The monoisotopic (exact) mass is 410 g/mol. The minimum atomic E-state index is -0.408. The molecule has 0 bridgehead atoms. The van der Waals surface area contributed by atoms with Gasteiger partial charge in [-0.3, -0.25) is 15.0 Å². The fourth-order valence-electron chi connectivity index (χ4n) is 4.21. The van der Waals surface area contributed by atoms with Gasteiger partial charge in [-0.25, -0.2) is 4.98 Å². The van der Waals surface area contributed by atoms with Gasteiger partial charge in [0.15, 0.2) is 0 Å². The third-order valence-corrected chi connectivity index (χ3v) is 6.84. The Morgan fingerprint density at radius 2 is 1.86 bits per heavy atom. The molecule has 0 radical (unpaired) electrons. The fraction of sp³-hybridized carbons (Fsp3) is 0.429. The minimum absolute atomic E-state index is 0.0485. The van der Waals surface area contributed by atoms with Gasteiger partial charge < -0.3 is 4.74 Å². The van der Waals surface area contributed by atoms with Crippen molar-refractivity contribution in [2.45, 2.75) is 45.1 Å². The highest BCUT2D eigenvalue weighted by Gasteiger charge is 2.24. The summed E-state index contributed by atoms with van der Waals surface area (Å²) in [6.07, 6.45) is 7.02. The summed E-state index contributed by atoms with van der Waals surface area (Å²) < 4.78 is 6.15. The predicted octanol–water partition coefficient (Wildman–Crippen LogP) is 4.87. The molecule has 2 aromatic heterocycles. The predicted molar refractivity (Wildman–Crippen MR) is 112 cm³/mol. The number of piperidine rings is 1. The van der Waals surface area contributed by atoms with Gasteiger partial charge in [0.2, 0.25) is 5.88 Å². The summed E-state index contributed by atoms with van der Waals surface area (Å²) in [7, 11) is 0. The van der Waals surface area contributed by atoms with Crippen LogP contribution in [0.25, 0.3) is 10.2 Å². The summed E-state index contributed by atoms with van der Waals surface area (Å²) in [5, 5.41) is 11.9. The zero-order valence-electron chi connectivity index (χ0n) is 16.1. The molecule has 29 heavy (non-hydrogen) atoms. The Kier molecular flexibility index (Phi) is 4.89. The molecule has 8 heteroatoms. The van der Waals surface area contributed by atoms with Crippen LogP contribution in [0.15, 0.2) is 24.3 Å². The Labute approximate surface area is 172 Å². The number of nitro benzene ring substituents is 1. The van der Waals surface area contributed by atoms with Crippen LogP contribution in [-0.4, -0.2) is 32.9 Å². The molecule has 150 valence electrons. The van der Waals surface area contributed by atoms with Crippen LogP contribution < -0.4 is 4.74 Å². The fourth-order valence-corrected chi connectivity index (χ4v) is 5.48. The van der Waals surface area contributed by atoms with Crippen molar-refractivity contribution < 1.29 is 9.66 Å². The van der Waals surface area contributed by atoms with E-state index >= 15 is 0 Å². The standard InChI is InChI=1S/C21H22N4O3S/c26-25(27)14-7-9-15(10-8-14)28-20-19-16-5-4-6-17(16)29-21(19)23-18(22-20)13-24-11-2-1-3-12-24/h7-10H,1-6,11-13H2. The average Bonchev–Trinajstić information content (AvgIpc) is 3.30. The number of likely N-dealkylation sites (tertiary alicyclic amines) is 1. The van der Waals surface area contributed by atoms with Crippen LogP contribution in [-0.2, 0) is 19.4 Å². The number of fused-ring (bicyclic) bond motifs is 3. The van der Waals surface area contributed by atoms with E-state index in [1.165, 1.54) is 41.8 Å². The van der Waals surface area contributed by atoms with E-state index < -0.39 is 4.92 Å². The third kappa shape index (κ3) is 3.70. The molecular weight excluding hydrogens is 388 g/mol. The van der Waals surface area contributed by atoms with Gasteiger partial charge in [-0.1, -0.05) is 6.42 Å². The third-order valence-electron chi connectivity index (χ3n) is 5.65. The molecule has 1 aromatic carbocycles. The molecule has 5 rings (SSSR count). The Morgan fingerprint density at radius 3 is 2.62 bits per heavy atom. The lowest BCUT2D eigenvalue weighted by Gasteiger charge is -2.25. The Hall–Kier alpha value is -2.58. The molecule has 0 amide bonds. The molecule has 3 heterocycles. The summed E-state index contributed by atoms with van der Waals surface area (Å²) >= 11 is 1.75. The van der Waals surface area contributed by atoms with E-state index in [0.29, 0.717) is 11.6 Å². The van der Waals surface area contributed by atoms with Crippen LogP contribution in [0.4, 0.5) is 5.69 Å². The molecule has 0 saturated carbocycles. The van der Waals surface area contributed by atoms with Crippen LogP contribution in [0.5, 0.6) is 11.6 Å². The number of ether oxygens (including phenoxy) is 1. The molecule has 2 aliphatic rings. The van der Waals surface area contributed by atoms with Crippen LogP contribution in [0.1, 0.15) is 41.9 Å². The van der Waals surface area contributed by atoms with Gasteiger partial charge in [0, 0.05) is 17.0 Å². The second-order valence-corrected chi connectivity index (χ2v) is 8.76. The molecular formula is C21H22N4O3S. The molecule has 7 nitrogen and oxygen atoms in total. The maximum absolute atomic E-state index is 10.9. The highest BCUT2D eigenvalue weighted by atomic mass is 32.1. The Bertz CT molecular complexity index is 1060. The maximum atomic E-state index is 10.9. The molecule has 1 aliphatic heterocycles. The van der Waals surface area contributed by atoms with Crippen molar-refractivity contribution in [2.75, 3.05) is 13.1 Å². The van der Waals surface area contributed by atoms with Gasteiger partial charge in [0.25, 0.3) is 5.69 Å². The van der Waals surface area contributed by atoms with Crippen LogP contribution in [0.2, 0.25) is 0 Å². The van der Waals surface area contributed by atoms with Gasteiger partial charge in [-0.05, 0) is 62.9 Å². The van der Waals surface area contributed by atoms with Gasteiger partial charge >= 0.3 is 0 Å². The molecule has 0 atom stereocenters. The molecule has 0 N–H and O–H groups in total. The second kappa shape index (κ2) is 7.68. The van der Waals surface area contributed by atoms with E-state index in [-0.39, 0.29) is 5.69 Å². The number of hydrogen-bond donors (Lipinski definition) is 0. The smallest absolute Gasteiger partial charge is 0.269 e. The van der Waals surface area contributed by atoms with E-state index in [2.05, 4.69) is 4.90 Å². The molecule has 0 spiro atoms. The molecule has 0 unspecified atom stereocenters. The first-order chi connectivity index (χ1) is 14.2. The lowest BCUT2D eigenvalue weighted by Crippen LogP contribution is -2.29. The van der Waals surface area contributed by atoms with Crippen LogP contribution in [0, 0.1) is 10.1 Å². The van der Waals surface area contributed by atoms with Gasteiger partial charge in [0.05, 0.1) is 16.9 Å².